The number of likely N-dealkylation sites (N-methyl/N-ethyl adjacent to an activating group) is 2. The van der Waals surface area contributed by atoms with Crippen LogP contribution in [0.15, 0.2) is 0 Å². The van der Waals surface area contributed by atoms with Gasteiger partial charge in [0, 0.05) is 31.2 Å². The molecule has 0 radical (unpaired) electrons. The van der Waals surface area contributed by atoms with Gasteiger partial charge in [-0.3, -0.25) is 4.90 Å². The molecule has 2 aliphatic rings. The zero-order valence-electron chi connectivity index (χ0n) is 14.2. The minimum Gasteiger partial charge on any atom is -0.315 e. The summed E-state index contributed by atoms with van der Waals surface area (Å²) in [5.41, 5.74) is 0. The van der Waals surface area contributed by atoms with E-state index in [1.54, 1.807) is 0 Å². The van der Waals surface area contributed by atoms with Gasteiger partial charge in [0.15, 0.2) is 0 Å². The van der Waals surface area contributed by atoms with Crippen LogP contribution in [0.5, 0.6) is 0 Å². The summed E-state index contributed by atoms with van der Waals surface area (Å²) >= 11 is 0. The molecule has 1 aliphatic heterocycles. The highest BCUT2D eigenvalue weighted by molar-refractivity contribution is 4.94. The topological polar surface area (TPSA) is 18.5 Å². The summed E-state index contributed by atoms with van der Waals surface area (Å²) in [7, 11) is 4.43. The Kier molecular flexibility index (Phi) is 5.88. The highest BCUT2D eigenvalue weighted by atomic mass is 15.3. The van der Waals surface area contributed by atoms with Gasteiger partial charge in [-0.05, 0) is 65.1 Å². The predicted molar refractivity (Wildman–Crippen MR) is 87.1 cm³/mol. The molecule has 2 fully saturated rings. The molecule has 4 atom stereocenters. The molecule has 0 aromatic heterocycles. The standard InChI is InChI=1S/C17H35N3/c1-13(2)15-7-8-16(18-4)17(11-15)20-10-6-9-19(5)12-14(20)3/h13-18H,6-12H2,1-5H3. The van der Waals surface area contributed by atoms with Crippen LogP contribution in [0.3, 0.4) is 0 Å². The van der Waals surface area contributed by atoms with E-state index in [9.17, 15) is 0 Å². The van der Waals surface area contributed by atoms with Crippen molar-refractivity contribution in [3.05, 3.63) is 0 Å². The first kappa shape index (κ1) is 16.3. The molecule has 3 heteroatoms. The number of nitrogens with zero attached hydrogens (tertiary/aromatic N) is 2. The molecular formula is C17H35N3. The molecule has 0 amide bonds. The minimum atomic E-state index is 0.689. The number of nitrogens with one attached hydrogen (secondary N) is 1. The Morgan fingerprint density at radius 2 is 1.90 bits per heavy atom. The summed E-state index contributed by atoms with van der Waals surface area (Å²) in [6.45, 7) is 11.0. The van der Waals surface area contributed by atoms with Crippen LogP contribution in [0.4, 0.5) is 0 Å². The van der Waals surface area contributed by atoms with Gasteiger partial charge in [-0.1, -0.05) is 13.8 Å². The fraction of sp³-hybridized carbons (Fsp3) is 1.00. The summed E-state index contributed by atoms with van der Waals surface area (Å²) in [5, 5.41) is 3.61. The fourth-order valence-electron chi connectivity index (χ4n) is 4.37. The van der Waals surface area contributed by atoms with E-state index >= 15 is 0 Å². The van der Waals surface area contributed by atoms with Crippen molar-refractivity contribution in [2.75, 3.05) is 33.7 Å². The van der Waals surface area contributed by atoms with Crippen LogP contribution >= 0.6 is 0 Å². The Balaban J connectivity index is 2.08. The highest BCUT2D eigenvalue weighted by Gasteiger charge is 2.37. The van der Waals surface area contributed by atoms with E-state index in [0.717, 1.165) is 17.9 Å². The molecule has 1 N–H and O–H groups in total. The Hall–Kier alpha value is -0.120. The summed E-state index contributed by atoms with van der Waals surface area (Å²) in [6, 6.07) is 2.12. The van der Waals surface area contributed by atoms with Crippen molar-refractivity contribution in [2.45, 2.75) is 64.6 Å². The maximum Gasteiger partial charge on any atom is 0.0255 e. The molecule has 1 saturated heterocycles. The van der Waals surface area contributed by atoms with Gasteiger partial charge in [-0.2, -0.15) is 0 Å². The van der Waals surface area contributed by atoms with E-state index in [1.807, 2.05) is 0 Å². The number of hydrogen-bond acceptors (Lipinski definition) is 3. The second-order valence-electron chi connectivity index (χ2n) is 7.48. The van der Waals surface area contributed by atoms with Crippen LogP contribution in [0.2, 0.25) is 0 Å². The molecular weight excluding hydrogens is 246 g/mol. The van der Waals surface area contributed by atoms with Crippen LogP contribution in [0.1, 0.15) is 46.5 Å². The Bertz CT molecular complexity index is 292. The van der Waals surface area contributed by atoms with Crippen molar-refractivity contribution in [3.8, 4) is 0 Å². The van der Waals surface area contributed by atoms with Crippen molar-refractivity contribution in [1.82, 2.24) is 15.1 Å². The largest absolute Gasteiger partial charge is 0.315 e. The zero-order chi connectivity index (χ0) is 14.7. The van der Waals surface area contributed by atoms with E-state index < -0.39 is 0 Å². The van der Waals surface area contributed by atoms with Crippen molar-refractivity contribution in [2.24, 2.45) is 11.8 Å². The SMILES string of the molecule is CNC1CCC(C(C)C)CC1N1CCCN(C)CC1C. The van der Waals surface area contributed by atoms with Gasteiger partial charge < -0.3 is 10.2 Å². The molecule has 20 heavy (non-hydrogen) atoms. The Labute approximate surface area is 126 Å². The lowest BCUT2D eigenvalue weighted by Crippen LogP contribution is -2.56. The summed E-state index contributed by atoms with van der Waals surface area (Å²) < 4.78 is 0. The van der Waals surface area contributed by atoms with Gasteiger partial charge in [0.1, 0.15) is 0 Å². The van der Waals surface area contributed by atoms with Gasteiger partial charge in [-0.15, -0.1) is 0 Å². The van der Waals surface area contributed by atoms with Crippen molar-refractivity contribution < 1.29 is 0 Å². The third-order valence-corrected chi connectivity index (χ3v) is 5.69. The lowest BCUT2D eigenvalue weighted by atomic mass is 9.76. The summed E-state index contributed by atoms with van der Waals surface area (Å²) in [5.74, 6) is 1.75. The molecule has 1 aliphatic carbocycles. The number of hydrogen-bond donors (Lipinski definition) is 1. The lowest BCUT2D eigenvalue weighted by Gasteiger charge is -2.45. The van der Waals surface area contributed by atoms with Crippen LogP contribution in [-0.4, -0.2) is 61.7 Å². The van der Waals surface area contributed by atoms with Crippen molar-refractivity contribution in [3.63, 3.8) is 0 Å². The molecule has 118 valence electrons. The molecule has 4 unspecified atom stereocenters. The molecule has 0 spiro atoms. The van der Waals surface area contributed by atoms with E-state index in [0.29, 0.717) is 12.1 Å². The molecule has 0 bridgehead atoms. The van der Waals surface area contributed by atoms with Gasteiger partial charge in [0.05, 0.1) is 0 Å². The van der Waals surface area contributed by atoms with Gasteiger partial charge >= 0.3 is 0 Å². The summed E-state index contributed by atoms with van der Waals surface area (Å²) in [4.78, 5) is 5.32. The average molecular weight is 281 g/mol. The van der Waals surface area contributed by atoms with E-state index in [-0.39, 0.29) is 0 Å². The van der Waals surface area contributed by atoms with E-state index in [4.69, 9.17) is 0 Å². The zero-order valence-corrected chi connectivity index (χ0v) is 14.2. The van der Waals surface area contributed by atoms with E-state index in [1.165, 1.54) is 45.3 Å². The normalized spacial score (nSPS) is 38.1. The first-order chi connectivity index (χ1) is 9.52. The van der Waals surface area contributed by atoms with Gasteiger partial charge in [0.25, 0.3) is 0 Å². The Morgan fingerprint density at radius 1 is 1.15 bits per heavy atom. The smallest absolute Gasteiger partial charge is 0.0255 e. The quantitative estimate of drug-likeness (QED) is 0.857. The van der Waals surface area contributed by atoms with Gasteiger partial charge in [-0.25, -0.2) is 0 Å². The van der Waals surface area contributed by atoms with Crippen LogP contribution in [0.25, 0.3) is 0 Å². The predicted octanol–water partition coefficient (Wildman–Crippen LogP) is 2.43. The molecule has 1 heterocycles. The molecule has 3 nitrogen and oxygen atoms in total. The molecule has 0 aromatic carbocycles. The molecule has 0 aromatic rings. The maximum absolute atomic E-state index is 3.61. The van der Waals surface area contributed by atoms with E-state index in [2.05, 4.69) is 50.0 Å². The van der Waals surface area contributed by atoms with Crippen molar-refractivity contribution in [1.29, 1.82) is 0 Å². The average Bonchev–Trinajstić information content (AvgIpc) is 2.58. The van der Waals surface area contributed by atoms with Crippen LogP contribution in [0, 0.1) is 11.8 Å². The van der Waals surface area contributed by atoms with Crippen molar-refractivity contribution >= 4 is 0 Å². The molecule has 2 rings (SSSR count). The third kappa shape index (κ3) is 3.75. The monoisotopic (exact) mass is 281 g/mol. The van der Waals surface area contributed by atoms with Crippen LogP contribution in [-0.2, 0) is 0 Å². The summed E-state index contributed by atoms with van der Waals surface area (Å²) in [6.07, 6.45) is 5.46. The second kappa shape index (κ2) is 7.24. The highest BCUT2D eigenvalue weighted by Crippen LogP contribution is 2.34. The van der Waals surface area contributed by atoms with Crippen LogP contribution < -0.4 is 5.32 Å². The fourth-order valence-corrected chi connectivity index (χ4v) is 4.37. The number of rotatable bonds is 3. The first-order valence-corrected chi connectivity index (χ1v) is 8.64. The molecule has 1 saturated carbocycles. The minimum absolute atomic E-state index is 0.689. The Morgan fingerprint density at radius 3 is 2.55 bits per heavy atom. The first-order valence-electron chi connectivity index (χ1n) is 8.64. The van der Waals surface area contributed by atoms with Gasteiger partial charge in [0.2, 0.25) is 0 Å². The second-order valence-corrected chi connectivity index (χ2v) is 7.48. The lowest BCUT2D eigenvalue weighted by molar-refractivity contribution is 0.0592. The third-order valence-electron chi connectivity index (χ3n) is 5.69. The maximum atomic E-state index is 3.61.